The van der Waals surface area contributed by atoms with Gasteiger partial charge in [-0.05, 0) is 49.8 Å². The number of carbonyl (C=O) groups excluding carboxylic acids is 2. The monoisotopic (exact) mass is 386 g/mol. The van der Waals surface area contributed by atoms with Crippen LogP contribution in [0.4, 0.5) is 5.69 Å². The molecule has 1 aliphatic heterocycles. The van der Waals surface area contributed by atoms with Crippen LogP contribution >= 0.6 is 11.6 Å². The Morgan fingerprint density at radius 3 is 2.74 bits per heavy atom. The van der Waals surface area contributed by atoms with Crippen molar-refractivity contribution in [2.45, 2.75) is 19.9 Å². The molecule has 6 nitrogen and oxygen atoms in total. The number of hydrogen-bond acceptors (Lipinski definition) is 4. The van der Waals surface area contributed by atoms with Crippen molar-refractivity contribution in [2.75, 3.05) is 12.1 Å². The molecule has 0 unspecified atom stereocenters. The first kappa shape index (κ1) is 18.8. The van der Waals surface area contributed by atoms with Gasteiger partial charge in [0.15, 0.2) is 11.5 Å². The van der Waals surface area contributed by atoms with Crippen molar-refractivity contribution in [1.82, 2.24) is 5.32 Å². The van der Waals surface area contributed by atoms with E-state index in [9.17, 15) is 9.59 Å². The maximum Gasteiger partial charge on any atom is 0.253 e. The normalized spacial score (nSPS) is 12.4. The molecular weight excluding hydrogens is 368 g/mol. The van der Waals surface area contributed by atoms with Crippen molar-refractivity contribution in [2.24, 2.45) is 0 Å². The van der Waals surface area contributed by atoms with Crippen LogP contribution in [-0.4, -0.2) is 24.6 Å². The van der Waals surface area contributed by atoms with Gasteiger partial charge in [-0.15, -0.1) is 0 Å². The second-order valence-corrected chi connectivity index (χ2v) is 6.64. The zero-order valence-corrected chi connectivity index (χ0v) is 15.7. The van der Waals surface area contributed by atoms with Crippen LogP contribution in [0.25, 0.3) is 6.08 Å². The summed E-state index contributed by atoms with van der Waals surface area (Å²) in [5, 5.41) is 5.96. The van der Waals surface area contributed by atoms with E-state index in [1.807, 2.05) is 13.8 Å². The average molecular weight is 387 g/mol. The first-order valence-electron chi connectivity index (χ1n) is 8.42. The van der Waals surface area contributed by atoms with Crippen LogP contribution in [0.1, 0.15) is 29.8 Å². The molecular formula is C20H19ClN2O4. The topological polar surface area (TPSA) is 76.7 Å². The van der Waals surface area contributed by atoms with Crippen molar-refractivity contribution in [3.63, 3.8) is 0 Å². The highest BCUT2D eigenvalue weighted by Gasteiger charge is 2.18. The van der Waals surface area contributed by atoms with Crippen LogP contribution in [0.15, 0.2) is 42.5 Å². The lowest BCUT2D eigenvalue weighted by Crippen LogP contribution is -2.30. The SMILES string of the molecule is CC(C)NC(=O)c1ccccc1NC(=O)/C=C/c1cc(Cl)c2c(c1)OCO2. The Morgan fingerprint density at radius 2 is 1.96 bits per heavy atom. The third-order valence-corrected chi connectivity index (χ3v) is 4.01. The number of amides is 2. The van der Waals surface area contributed by atoms with Gasteiger partial charge in [-0.25, -0.2) is 0 Å². The Morgan fingerprint density at radius 1 is 1.19 bits per heavy atom. The second kappa shape index (κ2) is 8.14. The van der Waals surface area contributed by atoms with E-state index in [0.717, 1.165) is 0 Å². The summed E-state index contributed by atoms with van der Waals surface area (Å²) in [7, 11) is 0. The van der Waals surface area contributed by atoms with Crippen molar-refractivity contribution in [1.29, 1.82) is 0 Å². The highest BCUT2D eigenvalue weighted by atomic mass is 35.5. The molecule has 1 aliphatic rings. The lowest BCUT2D eigenvalue weighted by atomic mass is 10.1. The fraction of sp³-hybridized carbons (Fsp3) is 0.200. The number of para-hydroxylation sites is 1. The summed E-state index contributed by atoms with van der Waals surface area (Å²) in [6, 6.07) is 10.3. The third kappa shape index (κ3) is 4.60. The van der Waals surface area contributed by atoms with Gasteiger partial charge in [0.25, 0.3) is 5.91 Å². The Balaban J connectivity index is 1.72. The molecule has 1 heterocycles. The van der Waals surface area contributed by atoms with Gasteiger partial charge in [0.2, 0.25) is 12.7 Å². The number of hydrogen-bond donors (Lipinski definition) is 2. The van der Waals surface area contributed by atoms with Crippen molar-refractivity contribution in [3.8, 4) is 11.5 Å². The van der Waals surface area contributed by atoms with E-state index < -0.39 is 0 Å². The molecule has 0 aliphatic carbocycles. The average Bonchev–Trinajstić information content (AvgIpc) is 3.09. The van der Waals surface area contributed by atoms with E-state index in [0.29, 0.717) is 33.3 Å². The summed E-state index contributed by atoms with van der Waals surface area (Å²) in [6.07, 6.45) is 2.98. The Bertz CT molecular complexity index is 909. The van der Waals surface area contributed by atoms with Crippen LogP contribution in [0, 0.1) is 0 Å². The zero-order valence-electron chi connectivity index (χ0n) is 14.9. The van der Waals surface area contributed by atoms with Crippen LogP contribution in [-0.2, 0) is 4.79 Å². The van der Waals surface area contributed by atoms with E-state index >= 15 is 0 Å². The third-order valence-electron chi connectivity index (χ3n) is 3.73. The van der Waals surface area contributed by atoms with E-state index in [4.69, 9.17) is 21.1 Å². The number of rotatable bonds is 5. The number of benzene rings is 2. The van der Waals surface area contributed by atoms with Gasteiger partial charge in [0.1, 0.15) is 0 Å². The maximum absolute atomic E-state index is 12.3. The fourth-order valence-electron chi connectivity index (χ4n) is 2.56. The molecule has 0 bridgehead atoms. The van der Waals surface area contributed by atoms with Gasteiger partial charge in [-0.2, -0.15) is 0 Å². The summed E-state index contributed by atoms with van der Waals surface area (Å²) in [6.45, 7) is 3.87. The van der Waals surface area contributed by atoms with Crippen LogP contribution < -0.4 is 20.1 Å². The van der Waals surface area contributed by atoms with Gasteiger partial charge in [-0.3, -0.25) is 9.59 Å². The van der Waals surface area contributed by atoms with Gasteiger partial charge >= 0.3 is 0 Å². The second-order valence-electron chi connectivity index (χ2n) is 6.23. The van der Waals surface area contributed by atoms with E-state index in [-0.39, 0.29) is 24.6 Å². The van der Waals surface area contributed by atoms with E-state index in [2.05, 4.69) is 10.6 Å². The minimum Gasteiger partial charge on any atom is -0.454 e. The minimum absolute atomic E-state index is 0.00286. The molecule has 2 amide bonds. The predicted octanol–water partition coefficient (Wildman–Crippen LogP) is 3.86. The molecule has 0 saturated carbocycles. The summed E-state index contributed by atoms with van der Waals surface area (Å²) >= 11 is 6.13. The summed E-state index contributed by atoms with van der Waals surface area (Å²) in [5.41, 5.74) is 1.54. The Labute approximate surface area is 162 Å². The van der Waals surface area contributed by atoms with Crippen LogP contribution in [0.2, 0.25) is 5.02 Å². The molecule has 0 spiro atoms. The molecule has 2 aromatic carbocycles. The first-order valence-corrected chi connectivity index (χ1v) is 8.80. The Kier molecular flexibility index (Phi) is 5.66. The number of carbonyl (C=O) groups is 2. The maximum atomic E-state index is 12.3. The molecule has 0 atom stereocenters. The molecule has 0 saturated heterocycles. The predicted molar refractivity (Wildman–Crippen MR) is 104 cm³/mol. The fourth-order valence-corrected chi connectivity index (χ4v) is 2.83. The van der Waals surface area contributed by atoms with Gasteiger partial charge < -0.3 is 20.1 Å². The van der Waals surface area contributed by atoms with Gasteiger partial charge in [0, 0.05) is 12.1 Å². The van der Waals surface area contributed by atoms with Gasteiger partial charge in [-0.1, -0.05) is 23.7 Å². The van der Waals surface area contributed by atoms with Gasteiger partial charge in [0.05, 0.1) is 16.3 Å². The molecule has 27 heavy (non-hydrogen) atoms. The number of halogens is 1. The number of nitrogens with one attached hydrogen (secondary N) is 2. The highest BCUT2D eigenvalue weighted by molar-refractivity contribution is 6.32. The summed E-state index contributed by atoms with van der Waals surface area (Å²) < 4.78 is 10.6. The molecule has 7 heteroatoms. The molecule has 0 fully saturated rings. The highest BCUT2D eigenvalue weighted by Crippen LogP contribution is 2.40. The van der Waals surface area contributed by atoms with Crippen LogP contribution in [0.5, 0.6) is 11.5 Å². The number of anilines is 1. The zero-order chi connectivity index (χ0) is 19.4. The molecule has 2 N–H and O–H groups in total. The standard InChI is InChI=1S/C20H19ClN2O4/c1-12(2)22-20(25)14-5-3-4-6-16(14)23-18(24)8-7-13-9-15(21)19-17(10-13)26-11-27-19/h3-10,12H,11H2,1-2H3,(H,22,25)(H,23,24)/b8-7+. The lowest BCUT2D eigenvalue weighted by molar-refractivity contribution is -0.111. The molecule has 0 radical (unpaired) electrons. The minimum atomic E-state index is -0.367. The summed E-state index contributed by atoms with van der Waals surface area (Å²) in [5.74, 6) is 0.433. The smallest absolute Gasteiger partial charge is 0.253 e. The van der Waals surface area contributed by atoms with Crippen LogP contribution in [0.3, 0.4) is 0 Å². The number of fused-ring (bicyclic) bond motifs is 1. The molecule has 2 aromatic rings. The lowest BCUT2D eigenvalue weighted by Gasteiger charge is -2.12. The van der Waals surface area contributed by atoms with E-state index in [1.165, 1.54) is 6.08 Å². The largest absolute Gasteiger partial charge is 0.454 e. The van der Waals surface area contributed by atoms with E-state index in [1.54, 1.807) is 42.5 Å². The van der Waals surface area contributed by atoms with Crippen molar-refractivity contribution in [3.05, 3.63) is 58.6 Å². The number of ether oxygens (including phenoxy) is 2. The quantitative estimate of drug-likeness (QED) is 0.765. The first-order chi connectivity index (χ1) is 12.9. The molecule has 0 aromatic heterocycles. The summed E-state index contributed by atoms with van der Waals surface area (Å²) in [4.78, 5) is 24.5. The molecule has 140 valence electrons. The van der Waals surface area contributed by atoms with Crippen molar-refractivity contribution >= 4 is 35.2 Å². The Hall–Kier alpha value is -2.99. The van der Waals surface area contributed by atoms with Crippen molar-refractivity contribution < 1.29 is 19.1 Å². The molecule has 3 rings (SSSR count).